The molecule has 0 aliphatic carbocycles. The van der Waals surface area contributed by atoms with E-state index in [1.165, 1.54) is 5.01 Å². The maximum atomic E-state index is 4.48. The molecule has 21 heavy (non-hydrogen) atoms. The molecule has 0 bridgehead atoms. The monoisotopic (exact) mass is 362 g/mol. The number of aryl methyl sites for hydroxylation is 2. The van der Waals surface area contributed by atoms with Crippen LogP contribution in [0.15, 0.2) is 34.4 Å². The molecule has 0 fully saturated rings. The smallest absolute Gasteiger partial charge is 0.112 e. The number of hydrogen-bond donors (Lipinski definition) is 1. The SMILES string of the molecule is Cc1csc(CCCNc2ccnc3cc(Br)cnc23)n1. The van der Waals surface area contributed by atoms with Crippen LogP contribution in [0.2, 0.25) is 0 Å². The molecular weight excluding hydrogens is 348 g/mol. The fraction of sp³-hybridized carbons (Fsp3) is 0.267. The number of nitrogens with zero attached hydrogens (tertiary/aromatic N) is 3. The molecule has 3 aromatic heterocycles. The van der Waals surface area contributed by atoms with E-state index in [-0.39, 0.29) is 0 Å². The molecule has 3 aromatic rings. The highest BCUT2D eigenvalue weighted by Gasteiger charge is 2.04. The minimum Gasteiger partial charge on any atom is -0.383 e. The van der Waals surface area contributed by atoms with Gasteiger partial charge in [0, 0.05) is 40.9 Å². The van der Waals surface area contributed by atoms with Gasteiger partial charge in [-0.3, -0.25) is 9.97 Å². The first-order valence-electron chi connectivity index (χ1n) is 6.77. The second-order valence-corrected chi connectivity index (χ2v) is 6.65. The highest BCUT2D eigenvalue weighted by atomic mass is 79.9. The Labute approximate surface area is 135 Å². The molecule has 0 atom stereocenters. The Morgan fingerprint density at radius 2 is 2.24 bits per heavy atom. The Balaban J connectivity index is 1.63. The van der Waals surface area contributed by atoms with E-state index in [1.54, 1.807) is 17.5 Å². The first-order chi connectivity index (χ1) is 10.2. The largest absolute Gasteiger partial charge is 0.383 e. The fourth-order valence-electron chi connectivity index (χ4n) is 2.13. The number of anilines is 1. The van der Waals surface area contributed by atoms with Crippen LogP contribution < -0.4 is 5.32 Å². The number of rotatable bonds is 5. The summed E-state index contributed by atoms with van der Waals surface area (Å²) in [7, 11) is 0. The van der Waals surface area contributed by atoms with Gasteiger partial charge in [-0.2, -0.15) is 0 Å². The molecule has 3 rings (SSSR count). The molecular formula is C15H15BrN4S. The fourth-order valence-corrected chi connectivity index (χ4v) is 3.27. The highest BCUT2D eigenvalue weighted by molar-refractivity contribution is 9.10. The maximum Gasteiger partial charge on any atom is 0.112 e. The second kappa shape index (κ2) is 6.49. The predicted molar refractivity (Wildman–Crippen MR) is 90.9 cm³/mol. The predicted octanol–water partition coefficient (Wildman–Crippen LogP) is 4.20. The Morgan fingerprint density at radius 1 is 1.33 bits per heavy atom. The molecule has 3 heterocycles. The van der Waals surface area contributed by atoms with Crippen LogP contribution in [-0.2, 0) is 6.42 Å². The third-order valence-electron chi connectivity index (χ3n) is 3.09. The molecule has 0 saturated carbocycles. The van der Waals surface area contributed by atoms with E-state index in [0.29, 0.717) is 0 Å². The highest BCUT2D eigenvalue weighted by Crippen LogP contribution is 2.22. The number of aromatic nitrogens is 3. The average molecular weight is 363 g/mol. The second-order valence-electron chi connectivity index (χ2n) is 4.79. The van der Waals surface area contributed by atoms with Crippen LogP contribution in [0.1, 0.15) is 17.1 Å². The van der Waals surface area contributed by atoms with Crippen molar-refractivity contribution in [3.8, 4) is 0 Å². The molecule has 6 heteroatoms. The van der Waals surface area contributed by atoms with E-state index < -0.39 is 0 Å². The summed E-state index contributed by atoms with van der Waals surface area (Å²) < 4.78 is 0.943. The van der Waals surface area contributed by atoms with Gasteiger partial charge >= 0.3 is 0 Å². The third kappa shape index (κ3) is 3.57. The summed E-state index contributed by atoms with van der Waals surface area (Å²) in [6.07, 6.45) is 5.66. The summed E-state index contributed by atoms with van der Waals surface area (Å²) in [5, 5.41) is 6.75. The molecule has 4 nitrogen and oxygen atoms in total. The lowest BCUT2D eigenvalue weighted by atomic mass is 10.2. The quantitative estimate of drug-likeness (QED) is 0.691. The number of thiazole rings is 1. The van der Waals surface area contributed by atoms with Crippen molar-refractivity contribution in [2.75, 3.05) is 11.9 Å². The molecule has 0 saturated heterocycles. The van der Waals surface area contributed by atoms with Crippen molar-refractivity contribution in [1.82, 2.24) is 15.0 Å². The normalized spacial score (nSPS) is 11.0. The van der Waals surface area contributed by atoms with Crippen LogP contribution in [0.3, 0.4) is 0 Å². The number of halogens is 1. The molecule has 0 spiro atoms. The Bertz CT molecular complexity index is 756. The lowest BCUT2D eigenvalue weighted by molar-refractivity contribution is 0.852. The lowest BCUT2D eigenvalue weighted by Gasteiger charge is -2.08. The van der Waals surface area contributed by atoms with Crippen molar-refractivity contribution in [2.45, 2.75) is 19.8 Å². The topological polar surface area (TPSA) is 50.7 Å². The molecule has 108 valence electrons. The number of hydrogen-bond acceptors (Lipinski definition) is 5. The zero-order valence-corrected chi connectivity index (χ0v) is 14.0. The number of pyridine rings is 2. The zero-order chi connectivity index (χ0) is 14.7. The van der Waals surface area contributed by atoms with Crippen LogP contribution >= 0.6 is 27.3 Å². The molecule has 0 unspecified atom stereocenters. The first-order valence-corrected chi connectivity index (χ1v) is 8.45. The molecule has 0 aromatic carbocycles. The molecule has 0 aliphatic rings. The van der Waals surface area contributed by atoms with Gasteiger partial charge < -0.3 is 5.32 Å². The van der Waals surface area contributed by atoms with Crippen molar-refractivity contribution < 1.29 is 0 Å². The van der Waals surface area contributed by atoms with E-state index in [4.69, 9.17) is 0 Å². The van der Waals surface area contributed by atoms with Crippen LogP contribution in [0.4, 0.5) is 5.69 Å². The Morgan fingerprint density at radius 3 is 3.05 bits per heavy atom. The number of nitrogens with one attached hydrogen (secondary N) is 1. The van der Waals surface area contributed by atoms with E-state index in [0.717, 1.165) is 46.3 Å². The van der Waals surface area contributed by atoms with E-state index >= 15 is 0 Å². The van der Waals surface area contributed by atoms with Crippen molar-refractivity contribution in [2.24, 2.45) is 0 Å². The molecule has 0 amide bonds. The van der Waals surface area contributed by atoms with Gasteiger partial charge in [-0.1, -0.05) is 0 Å². The third-order valence-corrected chi connectivity index (χ3v) is 4.55. The van der Waals surface area contributed by atoms with Crippen molar-refractivity contribution in [1.29, 1.82) is 0 Å². The summed E-state index contributed by atoms with van der Waals surface area (Å²) in [5.74, 6) is 0. The Kier molecular flexibility index (Phi) is 4.45. The van der Waals surface area contributed by atoms with Crippen molar-refractivity contribution in [3.05, 3.63) is 45.1 Å². The minimum atomic E-state index is 0.893. The summed E-state index contributed by atoms with van der Waals surface area (Å²) in [4.78, 5) is 13.3. The average Bonchev–Trinajstić information content (AvgIpc) is 2.89. The van der Waals surface area contributed by atoms with Gasteiger partial charge in [-0.25, -0.2) is 4.98 Å². The van der Waals surface area contributed by atoms with Gasteiger partial charge in [0.2, 0.25) is 0 Å². The van der Waals surface area contributed by atoms with E-state index in [1.807, 2.05) is 25.3 Å². The van der Waals surface area contributed by atoms with Gasteiger partial charge in [-0.05, 0) is 41.4 Å². The molecule has 0 aliphatic heterocycles. The molecule has 1 N–H and O–H groups in total. The van der Waals surface area contributed by atoms with Crippen LogP contribution in [0, 0.1) is 6.92 Å². The van der Waals surface area contributed by atoms with Crippen molar-refractivity contribution >= 4 is 44.0 Å². The number of fused-ring (bicyclic) bond motifs is 1. The zero-order valence-electron chi connectivity index (χ0n) is 11.6. The summed E-state index contributed by atoms with van der Waals surface area (Å²) in [5.41, 5.74) is 3.94. The summed E-state index contributed by atoms with van der Waals surface area (Å²) in [6, 6.07) is 3.95. The van der Waals surface area contributed by atoms with Crippen molar-refractivity contribution in [3.63, 3.8) is 0 Å². The van der Waals surface area contributed by atoms with Crippen LogP contribution in [-0.4, -0.2) is 21.5 Å². The summed E-state index contributed by atoms with van der Waals surface area (Å²) >= 11 is 5.15. The first kappa shape index (κ1) is 14.4. The van der Waals surface area contributed by atoms with Crippen LogP contribution in [0.25, 0.3) is 11.0 Å². The van der Waals surface area contributed by atoms with Crippen LogP contribution in [0.5, 0.6) is 0 Å². The van der Waals surface area contributed by atoms with Gasteiger partial charge in [0.05, 0.1) is 16.2 Å². The maximum absolute atomic E-state index is 4.48. The lowest BCUT2D eigenvalue weighted by Crippen LogP contribution is -2.04. The van der Waals surface area contributed by atoms with Gasteiger partial charge in [0.25, 0.3) is 0 Å². The summed E-state index contributed by atoms with van der Waals surface area (Å²) in [6.45, 7) is 2.93. The van der Waals surface area contributed by atoms with Gasteiger partial charge in [0.1, 0.15) is 5.52 Å². The standard InChI is InChI=1S/C15H15BrN4S/c1-10-9-21-14(20-10)3-2-5-17-12-4-6-18-13-7-11(16)8-19-15(12)13/h4,6-9H,2-3,5H2,1H3,(H,17,18). The van der Waals surface area contributed by atoms with E-state index in [2.05, 4.69) is 41.6 Å². The Hall–Kier alpha value is -1.53. The van der Waals surface area contributed by atoms with Gasteiger partial charge in [0.15, 0.2) is 0 Å². The molecule has 0 radical (unpaired) electrons. The van der Waals surface area contributed by atoms with Gasteiger partial charge in [-0.15, -0.1) is 11.3 Å². The minimum absolute atomic E-state index is 0.893. The van der Waals surface area contributed by atoms with E-state index in [9.17, 15) is 0 Å².